The van der Waals surface area contributed by atoms with Gasteiger partial charge in [0.15, 0.2) is 0 Å². The smallest absolute Gasteiger partial charge is 0.140 e. The highest BCUT2D eigenvalue weighted by molar-refractivity contribution is 6.30. The average Bonchev–Trinajstić information content (AvgIpc) is 2.74. The molecule has 0 aliphatic rings. The largest absolute Gasteiger partial charge is 0.305 e. The summed E-state index contributed by atoms with van der Waals surface area (Å²) in [7, 11) is 0. The van der Waals surface area contributed by atoms with Crippen LogP contribution < -0.4 is 0 Å². The first kappa shape index (κ1) is 11.2. The maximum Gasteiger partial charge on any atom is 0.140 e. The van der Waals surface area contributed by atoms with Crippen LogP contribution in [0.1, 0.15) is 5.56 Å². The minimum atomic E-state index is -0.248. The Morgan fingerprint density at radius 3 is 2.61 bits per heavy atom. The number of nitrogens with zero attached hydrogens (tertiary/aromatic N) is 2. The molecule has 90 valence electrons. The Kier molecular flexibility index (Phi) is 2.56. The van der Waals surface area contributed by atoms with Crippen molar-refractivity contribution in [3.63, 3.8) is 0 Å². The molecule has 2 nitrogen and oxygen atoms in total. The Bertz CT molecular complexity index is 716. The Labute approximate surface area is 109 Å². The molecule has 0 atom stereocenters. The number of rotatable bonds is 1. The molecule has 3 aromatic rings. The third kappa shape index (κ3) is 1.87. The monoisotopic (exact) mass is 260 g/mol. The van der Waals surface area contributed by atoms with E-state index in [1.54, 1.807) is 12.1 Å². The lowest BCUT2D eigenvalue weighted by atomic mass is 10.2. The molecule has 18 heavy (non-hydrogen) atoms. The van der Waals surface area contributed by atoms with Gasteiger partial charge < -0.3 is 4.40 Å². The van der Waals surface area contributed by atoms with E-state index in [4.69, 9.17) is 11.6 Å². The standard InChI is InChI=1S/C14H10ClFN2/c1-9-6-11(15)7-18-8-13(17-14(9)18)10-2-4-12(16)5-3-10/h2-8H,1H3. The normalized spacial score (nSPS) is 11.1. The van der Waals surface area contributed by atoms with Crippen molar-refractivity contribution < 1.29 is 4.39 Å². The lowest BCUT2D eigenvalue weighted by molar-refractivity contribution is 0.628. The molecule has 0 aliphatic carbocycles. The molecule has 4 heteroatoms. The van der Waals surface area contributed by atoms with Crippen LogP contribution in [0.5, 0.6) is 0 Å². The molecule has 0 amide bonds. The van der Waals surface area contributed by atoms with Crippen molar-refractivity contribution in [2.75, 3.05) is 0 Å². The van der Waals surface area contributed by atoms with E-state index in [1.165, 1.54) is 12.1 Å². The van der Waals surface area contributed by atoms with Gasteiger partial charge in [-0.15, -0.1) is 0 Å². The zero-order chi connectivity index (χ0) is 12.7. The zero-order valence-corrected chi connectivity index (χ0v) is 10.4. The third-order valence-corrected chi connectivity index (χ3v) is 3.05. The molecule has 2 heterocycles. The summed E-state index contributed by atoms with van der Waals surface area (Å²) in [6, 6.07) is 8.17. The topological polar surface area (TPSA) is 17.3 Å². The van der Waals surface area contributed by atoms with Crippen LogP contribution in [-0.4, -0.2) is 9.38 Å². The van der Waals surface area contributed by atoms with Crippen molar-refractivity contribution in [1.29, 1.82) is 0 Å². The van der Waals surface area contributed by atoms with Crippen LogP contribution in [0.3, 0.4) is 0 Å². The SMILES string of the molecule is Cc1cc(Cl)cn2cc(-c3ccc(F)cc3)nc12. The predicted molar refractivity (Wildman–Crippen MR) is 70.3 cm³/mol. The average molecular weight is 261 g/mol. The van der Waals surface area contributed by atoms with Crippen molar-refractivity contribution >= 4 is 17.2 Å². The van der Waals surface area contributed by atoms with Gasteiger partial charge in [-0.2, -0.15) is 0 Å². The van der Waals surface area contributed by atoms with Gasteiger partial charge in [-0.25, -0.2) is 9.37 Å². The Morgan fingerprint density at radius 2 is 1.89 bits per heavy atom. The Hall–Kier alpha value is -1.87. The molecule has 3 rings (SSSR count). The van der Waals surface area contributed by atoms with Gasteiger partial charge in [-0.1, -0.05) is 11.6 Å². The van der Waals surface area contributed by atoms with E-state index in [0.29, 0.717) is 5.02 Å². The van der Waals surface area contributed by atoms with Crippen LogP contribution in [0.25, 0.3) is 16.9 Å². The van der Waals surface area contributed by atoms with Gasteiger partial charge in [0.25, 0.3) is 0 Å². The van der Waals surface area contributed by atoms with Crippen LogP contribution in [-0.2, 0) is 0 Å². The van der Waals surface area contributed by atoms with E-state index in [2.05, 4.69) is 4.98 Å². The molecule has 1 aromatic carbocycles. The molecule has 0 saturated heterocycles. The lowest BCUT2D eigenvalue weighted by Crippen LogP contribution is -1.85. The Balaban J connectivity index is 2.19. The summed E-state index contributed by atoms with van der Waals surface area (Å²) in [5.74, 6) is -0.248. The molecule has 0 N–H and O–H groups in total. The summed E-state index contributed by atoms with van der Waals surface area (Å²) >= 11 is 6.00. The number of imidazole rings is 1. The van der Waals surface area contributed by atoms with Crippen molar-refractivity contribution in [1.82, 2.24) is 9.38 Å². The minimum absolute atomic E-state index is 0.248. The number of halogens is 2. The number of benzene rings is 1. The van der Waals surface area contributed by atoms with Crippen LogP contribution in [0.2, 0.25) is 5.02 Å². The summed E-state index contributed by atoms with van der Waals surface area (Å²) < 4.78 is 14.8. The second-order valence-corrected chi connectivity index (χ2v) is 4.64. The highest BCUT2D eigenvalue weighted by Crippen LogP contribution is 2.22. The molecule has 2 aromatic heterocycles. The fraction of sp³-hybridized carbons (Fsp3) is 0.0714. The predicted octanol–water partition coefficient (Wildman–Crippen LogP) is 4.10. The third-order valence-electron chi connectivity index (χ3n) is 2.84. The number of pyridine rings is 1. The van der Waals surface area contributed by atoms with Crippen molar-refractivity contribution in [3.8, 4) is 11.3 Å². The van der Waals surface area contributed by atoms with Gasteiger partial charge in [0, 0.05) is 18.0 Å². The van der Waals surface area contributed by atoms with E-state index in [0.717, 1.165) is 22.5 Å². The van der Waals surface area contributed by atoms with Gasteiger partial charge >= 0.3 is 0 Å². The zero-order valence-electron chi connectivity index (χ0n) is 9.69. The molecule has 0 unspecified atom stereocenters. The second-order valence-electron chi connectivity index (χ2n) is 4.21. The molecule has 0 fully saturated rings. The van der Waals surface area contributed by atoms with E-state index in [9.17, 15) is 4.39 Å². The van der Waals surface area contributed by atoms with E-state index in [1.807, 2.05) is 29.8 Å². The van der Waals surface area contributed by atoms with Gasteiger partial charge in [0.2, 0.25) is 0 Å². The first-order chi connectivity index (χ1) is 8.63. The van der Waals surface area contributed by atoms with Crippen LogP contribution >= 0.6 is 11.6 Å². The highest BCUT2D eigenvalue weighted by atomic mass is 35.5. The molecule has 0 spiro atoms. The second kappa shape index (κ2) is 4.10. The summed E-state index contributed by atoms with van der Waals surface area (Å²) in [6.07, 6.45) is 3.70. The van der Waals surface area contributed by atoms with Gasteiger partial charge in [0.05, 0.1) is 10.7 Å². The molecule has 0 radical (unpaired) electrons. The first-order valence-corrected chi connectivity index (χ1v) is 5.92. The quantitative estimate of drug-likeness (QED) is 0.644. The maximum absolute atomic E-state index is 12.9. The van der Waals surface area contributed by atoms with Crippen molar-refractivity contribution in [3.05, 3.63) is 59.1 Å². The molecule has 0 bridgehead atoms. The number of aromatic nitrogens is 2. The van der Waals surface area contributed by atoms with Crippen LogP contribution in [0.4, 0.5) is 4.39 Å². The van der Waals surface area contributed by atoms with Crippen LogP contribution in [0, 0.1) is 12.7 Å². The fourth-order valence-corrected chi connectivity index (χ4v) is 2.25. The van der Waals surface area contributed by atoms with Crippen LogP contribution in [0.15, 0.2) is 42.7 Å². The van der Waals surface area contributed by atoms with Gasteiger partial charge in [0.1, 0.15) is 11.5 Å². The maximum atomic E-state index is 12.9. The number of aryl methyl sites for hydroxylation is 1. The molecule has 0 saturated carbocycles. The van der Waals surface area contributed by atoms with Gasteiger partial charge in [-0.3, -0.25) is 0 Å². The number of fused-ring (bicyclic) bond motifs is 1. The summed E-state index contributed by atoms with van der Waals surface area (Å²) in [4.78, 5) is 4.54. The summed E-state index contributed by atoms with van der Waals surface area (Å²) in [5.41, 5.74) is 3.56. The molecule has 0 aliphatic heterocycles. The number of hydrogen-bond acceptors (Lipinski definition) is 1. The van der Waals surface area contributed by atoms with Crippen molar-refractivity contribution in [2.45, 2.75) is 6.92 Å². The summed E-state index contributed by atoms with van der Waals surface area (Å²) in [6.45, 7) is 1.96. The lowest BCUT2D eigenvalue weighted by Gasteiger charge is -1.97. The van der Waals surface area contributed by atoms with Crippen molar-refractivity contribution in [2.24, 2.45) is 0 Å². The van der Waals surface area contributed by atoms with Gasteiger partial charge in [-0.05, 0) is 42.8 Å². The first-order valence-electron chi connectivity index (χ1n) is 5.54. The minimum Gasteiger partial charge on any atom is -0.305 e. The molecular formula is C14H10ClFN2. The van der Waals surface area contributed by atoms with E-state index >= 15 is 0 Å². The summed E-state index contributed by atoms with van der Waals surface area (Å²) in [5, 5.41) is 0.669. The Morgan fingerprint density at radius 1 is 1.17 bits per heavy atom. The number of hydrogen-bond donors (Lipinski definition) is 0. The molecular weight excluding hydrogens is 251 g/mol. The van der Waals surface area contributed by atoms with E-state index < -0.39 is 0 Å². The fourth-order valence-electron chi connectivity index (χ4n) is 1.99. The highest BCUT2D eigenvalue weighted by Gasteiger charge is 2.07. The van der Waals surface area contributed by atoms with E-state index in [-0.39, 0.29) is 5.82 Å².